The van der Waals surface area contributed by atoms with Crippen LogP contribution in [0.3, 0.4) is 0 Å². The highest BCUT2D eigenvalue weighted by Crippen LogP contribution is 2.30. The average molecular weight is 609 g/mol. The smallest absolute Gasteiger partial charge is 0.303 e. The van der Waals surface area contributed by atoms with Crippen molar-refractivity contribution in [3.05, 3.63) is 12.2 Å². The molecule has 0 aromatic heterocycles. The van der Waals surface area contributed by atoms with E-state index in [-0.39, 0.29) is 12.5 Å². The molecule has 2 rings (SSSR count). The highest BCUT2D eigenvalue weighted by molar-refractivity contribution is 5.66. The Labute approximate surface area is 247 Å². The van der Waals surface area contributed by atoms with Crippen molar-refractivity contribution in [2.75, 3.05) is 13.2 Å². The molecule has 2 fully saturated rings. The number of carboxylic acid groups (broad SMARTS) is 1. The predicted molar refractivity (Wildman–Crippen MR) is 149 cm³/mol. The quantitative estimate of drug-likeness (QED) is 0.0692. The third kappa shape index (κ3) is 12.0. The van der Waals surface area contributed by atoms with Gasteiger partial charge in [0, 0.05) is 6.42 Å². The predicted octanol–water partition coefficient (Wildman–Crippen LogP) is 0.338. The summed E-state index contributed by atoms with van der Waals surface area (Å²) in [6.45, 7) is 0.578. The minimum atomic E-state index is -1.72. The highest BCUT2D eigenvalue weighted by atomic mass is 16.8. The zero-order valence-corrected chi connectivity index (χ0v) is 24.5. The van der Waals surface area contributed by atoms with Crippen molar-refractivity contribution < 1.29 is 64.6 Å². The molecule has 0 amide bonds. The summed E-state index contributed by atoms with van der Waals surface area (Å²) in [5.74, 6) is -0.733. The van der Waals surface area contributed by atoms with E-state index >= 15 is 0 Å². The van der Waals surface area contributed by atoms with Crippen LogP contribution in [0.25, 0.3) is 0 Å². The molecule has 11 atom stereocenters. The largest absolute Gasteiger partial charge is 0.481 e. The van der Waals surface area contributed by atoms with Crippen LogP contribution in [0.15, 0.2) is 12.2 Å². The first-order chi connectivity index (χ1) is 20.1. The van der Waals surface area contributed by atoms with E-state index in [0.717, 1.165) is 64.2 Å². The van der Waals surface area contributed by atoms with Crippen LogP contribution in [0.1, 0.15) is 84.0 Å². The van der Waals surface area contributed by atoms with Crippen molar-refractivity contribution in [3.63, 3.8) is 0 Å². The van der Waals surface area contributed by atoms with E-state index in [1.54, 1.807) is 0 Å². The summed E-state index contributed by atoms with van der Waals surface area (Å²) in [5, 5.41) is 79.2. The summed E-state index contributed by atoms with van der Waals surface area (Å²) in [6.07, 6.45) is 0.0910. The fraction of sp³-hybridized carbons (Fsp3) is 0.897. The molecule has 2 heterocycles. The molecule has 13 heteroatoms. The van der Waals surface area contributed by atoms with Crippen LogP contribution in [0.2, 0.25) is 0 Å². The SMILES string of the molecule is C[C@@H](CCCCC/C=C/CCCCCCCC(=O)O)O[C@@H]1O[C@H](CO)[C@@H](O)[C@H](O)[C@H]1O[C@@H]1O[C@H](CO)[C@@H](O)[C@H](O)[C@H]1O. The lowest BCUT2D eigenvalue weighted by atomic mass is 9.97. The van der Waals surface area contributed by atoms with E-state index in [1.807, 2.05) is 6.92 Å². The molecule has 2 aliphatic heterocycles. The Morgan fingerprint density at radius 2 is 1.24 bits per heavy atom. The van der Waals surface area contributed by atoms with Crippen molar-refractivity contribution >= 4 is 5.97 Å². The summed E-state index contributed by atoms with van der Waals surface area (Å²) in [5.41, 5.74) is 0. The van der Waals surface area contributed by atoms with Gasteiger partial charge in [-0.05, 0) is 45.4 Å². The Hall–Kier alpha value is -1.23. The summed E-state index contributed by atoms with van der Waals surface area (Å²) >= 11 is 0. The summed E-state index contributed by atoms with van der Waals surface area (Å²) < 4.78 is 22.7. The van der Waals surface area contributed by atoms with E-state index in [9.17, 15) is 40.5 Å². The second-order valence-electron chi connectivity index (χ2n) is 11.3. The van der Waals surface area contributed by atoms with E-state index in [1.165, 1.54) is 0 Å². The van der Waals surface area contributed by atoms with Gasteiger partial charge in [-0.15, -0.1) is 0 Å². The lowest BCUT2D eigenvalue weighted by Gasteiger charge is -2.46. The molecule has 0 spiro atoms. The molecule has 0 aliphatic carbocycles. The van der Waals surface area contributed by atoms with Crippen LogP contribution in [0.5, 0.6) is 0 Å². The van der Waals surface area contributed by atoms with Crippen molar-refractivity contribution in [2.45, 2.75) is 151 Å². The molecule has 0 saturated carbocycles. The first kappa shape index (κ1) is 37.0. The Morgan fingerprint density at radius 1 is 0.714 bits per heavy atom. The van der Waals surface area contributed by atoms with E-state index < -0.39 is 80.6 Å². The monoisotopic (exact) mass is 608 g/mol. The van der Waals surface area contributed by atoms with Crippen molar-refractivity contribution in [2.24, 2.45) is 0 Å². The second-order valence-corrected chi connectivity index (χ2v) is 11.3. The number of aliphatic hydroxyl groups is 7. The van der Waals surface area contributed by atoms with Crippen molar-refractivity contribution in [1.29, 1.82) is 0 Å². The molecular weight excluding hydrogens is 556 g/mol. The van der Waals surface area contributed by atoms with Crippen LogP contribution < -0.4 is 0 Å². The first-order valence-corrected chi connectivity index (χ1v) is 15.2. The molecular formula is C29H52O13. The fourth-order valence-electron chi connectivity index (χ4n) is 5.12. The molecule has 0 aromatic carbocycles. The lowest BCUT2D eigenvalue weighted by molar-refractivity contribution is -0.371. The van der Waals surface area contributed by atoms with Crippen molar-refractivity contribution in [1.82, 2.24) is 0 Å². The maximum Gasteiger partial charge on any atom is 0.303 e. The zero-order chi connectivity index (χ0) is 31.1. The number of allylic oxidation sites excluding steroid dienone is 2. The Bertz CT molecular complexity index is 766. The Balaban J connectivity index is 1.74. The molecule has 0 radical (unpaired) electrons. The molecule has 246 valence electrons. The third-order valence-corrected chi connectivity index (χ3v) is 7.74. The van der Waals surface area contributed by atoms with Gasteiger partial charge >= 0.3 is 5.97 Å². The molecule has 0 bridgehead atoms. The van der Waals surface area contributed by atoms with Crippen LogP contribution in [-0.4, -0.2) is 128 Å². The third-order valence-electron chi connectivity index (χ3n) is 7.74. The van der Waals surface area contributed by atoms with E-state index in [2.05, 4.69) is 12.2 Å². The maximum atomic E-state index is 10.7. The Kier molecular flexibility index (Phi) is 17.5. The molecule has 2 saturated heterocycles. The first-order valence-electron chi connectivity index (χ1n) is 15.2. The number of rotatable bonds is 20. The van der Waals surface area contributed by atoms with Crippen molar-refractivity contribution in [3.8, 4) is 0 Å². The minimum absolute atomic E-state index is 0.247. The summed E-state index contributed by atoms with van der Waals surface area (Å²) in [7, 11) is 0. The van der Waals surface area contributed by atoms with Gasteiger partial charge in [0.25, 0.3) is 0 Å². The standard InChI is InChI=1S/C29H52O13/c1-18(14-12-10-8-6-4-2-3-5-7-9-11-13-15-21(32)33)39-29-27(25(37)23(35)20(17-31)41-29)42-28-26(38)24(36)22(34)19(16-30)40-28/h2,4,18-20,22-31,34-38H,3,5-17H2,1H3,(H,32,33)/b4-2+/t18-,19+,20+,22+,23+,24-,25-,26+,27+,28-,29+/m0/s1. The fourth-order valence-corrected chi connectivity index (χ4v) is 5.12. The molecule has 13 nitrogen and oxygen atoms in total. The number of hydrogen-bond acceptors (Lipinski definition) is 12. The van der Waals surface area contributed by atoms with Gasteiger partial charge in [0.2, 0.25) is 0 Å². The second kappa shape index (κ2) is 19.9. The number of carboxylic acids is 1. The van der Waals surface area contributed by atoms with E-state index in [4.69, 9.17) is 24.1 Å². The van der Waals surface area contributed by atoms with Gasteiger partial charge in [-0.2, -0.15) is 0 Å². The molecule has 2 aliphatic rings. The number of carbonyl (C=O) groups is 1. The molecule has 0 aromatic rings. The maximum absolute atomic E-state index is 10.7. The molecule has 42 heavy (non-hydrogen) atoms. The van der Waals surface area contributed by atoms with Crippen LogP contribution >= 0.6 is 0 Å². The van der Waals surface area contributed by atoms with Gasteiger partial charge in [0.05, 0.1) is 19.3 Å². The van der Waals surface area contributed by atoms with Gasteiger partial charge in [-0.3, -0.25) is 4.79 Å². The topological polar surface area (TPSA) is 216 Å². The van der Waals surface area contributed by atoms with Crippen LogP contribution in [-0.2, 0) is 23.7 Å². The highest BCUT2D eigenvalue weighted by Gasteiger charge is 2.51. The number of ether oxygens (including phenoxy) is 4. The lowest BCUT2D eigenvalue weighted by Crippen LogP contribution is -2.64. The van der Waals surface area contributed by atoms with E-state index in [0.29, 0.717) is 6.42 Å². The number of aliphatic hydroxyl groups excluding tert-OH is 7. The van der Waals surface area contributed by atoms with Crippen LogP contribution in [0.4, 0.5) is 0 Å². The van der Waals surface area contributed by atoms with Gasteiger partial charge in [0.1, 0.15) is 48.8 Å². The zero-order valence-electron chi connectivity index (χ0n) is 24.5. The van der Waals surface area contributed by atoms with Gasteiger partial charge < -0.3 is 59.8 Å². The molecule has 8 N–H and O–H groups in total. The normalized spacial score (nSPS) is 34.6. The minimum Gasteiger partial charge on any atom is -0.481 e. The van der Waals surface area contributed by atoms with Gasteiger partial charge in [0.15, 0.2) is 12.6 Å². The summed E-state index contributed by atoms with van der Waals surface area (Å²) in [6, 6.07) is 0. The number of hydrogen-bond donors (Lipinski definition) is 8. The average Bonchev–Trinajstić information content (AvgIpc) is 2.96. The summed E-state index contributed by atoms with van der Waals surface area (Å²) in [4.78, 5) is 10.5. The number of aliphatic carboxylic acids is 1. The van der Waals surface area contributed by atoms with Gasteiger partial charge in [-0.1, -0.05) is 44.3 Å². The van der Waals surface area contributed by atoms with Gasteiger partial charge in [-0.25, -0.2) is 0 Å². The molecule has 0 unspecified atom stereocenters. The van der Waals surface area contributed by atoms with Crippen LogP contribution in [0, 0.1) is 0 Å². The number of unbranched alkanes of at least 4 members (excludes halogenated alkanes) is 8. The Morgan fingerprint density at radius 3 is 1.83 bits per heavy atom.